The molecule has 2 N–H and O–H groups in total. The van der Waals surface area contributed by atoms with E-state index in [1.54, 1.807) is 6.20 Å². The van der Waals surface area contributed by atoms with Crippen LogP contribution in [-0.2, 0) is 0 Å². The zero-order valence-corrected chi connectivity index (χ0v) is 13.2. The first-order chi connectivity index (χ1) is 10.1. The summed E-state index contributed by atoms with van der Waals surface area (Å²) in [4.78, 5) is 14.2. The number of amides is 1. The Kier molecular flexibility index (Phi) is 4.07. The average molecular weight is 304 g/mol. The molecular weight excluding hydrogens is 284 g/mol. The van der Waals surface area contributed by atoms with Gasteiger partial charge in [-0.3, -0.25) is 9.48 Å². The number of anilines is 1. The molecule has 0 aliphatic carbocycles. The van der Waals surface area contributed by atoms with E-state index in [1.807, 2.05) is 30.8 Å². The van der Waals surface area contributed by atoms with E-state index in [-0.39, 0.29) is 5.91 Å². The third-order valence-electron chi connectivity index (χ3n) is 3.93. The lowest BCUT2D eigenvalue weighted by Crippen LogP contribution is -2.29. The molecule has 1 aliphatic rings. The molecule has 0 atom stereocenters. The SMILES string of the molecule is Cc1cc(C(=O)Nc2cnn(C3CCNCC3)c2)sc1C. The molecule has 1 fully saturated rings. The van der Waals surface area contributed by atoms with Gasteiger partial charge in [-0.15, -0.1) is 11.3 Å². The summed E-state index contributed by atoms with van der Waals surface area (Å²) in [6.07, 6.45) is 5.82. The van der Waals surface area contributed by atoms with Gasteiger partial charge < -0.3 is 10.6 Å². The first-order valence-electron chi connectivity index (χ1n) is 7.27. The van der Waals surface area contributed by atoms with Crippen molar-refractivity contribution in [2.75, 3.05) is 18.4 Å². The molecule has 5 nitrogen and oxygen atoms in total. The number of hydrogen-bond donors (Lipinski definition) is 2. The summed E-state index contributed by atoms with van der Waals surface area (Å²) in [5.74, 6) is -0.0546. The van der Waals surface area contributed by atoms with E-state index in [0.717, 1.165) is 42.1 Å². The monoisotopic (exact) mass is 304 g/mol. The minimum Gasteiger partial charge on any atom is -0.319 e. The van der Waals surface area contributed by atoms with Crippen LogP contribution in [0.15, 0.2) is 18.5 Å². The Balaban J connectivity index is 1.67. The molecule has 0 saturated carbocycles. The number of aromatic nitrogens is 2. The van der Waals surface area contributed by atoms with Gasteiger partial charge in [-0.25, -0.2) is 0 Å². The molecule has 1 saturated heterocycles. The van der Waals surface area contributed by atoms with Gasteiger partial charge >= 0.3 is 0 Å². The van der Waals surface area contributed by atoms with Crippen LogP contribution < -0.4 is 10.6 Å². The van der Waals surface area contributed by atoms with Crippen LogP contribution in [0.4, 0.5) is 5.69 Å². The minimum absolute atomic E-state index is 0.0546. The fourth-order valence-corrected chi connectivity index (χ4v) is 3.48. The van der Waals surface area contributed by atoms with Crippen LogP contribution >= 0.6 is 11.3 Å². The molecular formula is C15H20N4OS. The highest BCUT2D eigenvalue weighted by molar-refractivity contribution is 7.14. The van der Waals surface area contributed by atoms with E-state index < -0.39 is 0 Å². The van der Waals surface area contributed by atoms with Gasteiger partial charge in [-0.2, -0.15) is 5.10 Å². The molecule has 3 rings (SSSR count). The minimum atomic E-state index is -0.0546. The van der Waals surface area contributed by atoms with Gasteiger partial charge in [-0.1, -0.05) is 0 Å². The number of hydrogen-bond acceptors (Lipinski definition) is 4. The molecule has 1 aliphatic heterocycles. The van der Waals surface area contributed by atoms with Gasteiger partial charge in [0, 0.05) is 11.1 Å². The highest BCUT2D eigenvalue weighted by Gasteiger charge is 2.17. The lowest BCUT2D eigenvalue weighted by Gasteiger charge is -2.22. The molecule has 0 aromatic carbocycles. The Morgan fingerprint density at radius 2 is 2.19 bits per heavy atom. The maximum absolute atomic E-state index is 12.2. The van der Waals surface area contributed by atoms with Gasteiger partial charge in [0.25, 0.3) is 5.91 Å². The number of nitrogens with one attached hydrogen (secondary N) is 2. The molecule has 21 heavy (non-hydrogen) atoms. The van der Waals surface area contributed by atoms with Crippen LogP contribution in [0.1, 0.15) is 39.0 Å². The predicted octanol–water partition coefficient (Wildman–Crippen LogP) is 2.74. The third kappa shape index (κ3) is 3.16. The van der Waals surface area contributed by atoms with Crippen LogP contribution in [0.25, 0.3) is 0 Å². The van der Waals surface area contributed by atoms with Gasteiger partial charge in [0.15, 0.2) is 0 Å². The maximum atomic E-state index is 12.2. The predicted molar refractivity (Wildman–Crippen MR) is 85.1 cm³/mol. The average Bonchev–Trinajstić information content (AvgIpc) is 3.08. The normalized spacial score (nSPS) is 16.1. The van der Waals surface area contributed by atoms with Crippen molar-refractivity contribution in [3.8, 4) is 0 Å². The lowest BCUT2D eigenvalue weighted by atomic mass is 10.1. The van der Waals surface area contributed by atoms with Gasteiger partial charge in [0.1, 0.15) is 0 Å². The van der Waals surface area contributed by atoms with Crippen molar-refractivity contribution in [3.05, 3.63) is 33.8 Å². The summed E-state index contributed by atoms with van der Waals surface area (Å²) in [5, 5.41) is 10.7. The topological polar surface area (TPSA) is 59.0 Å². The maximum Gasteiger partial charge on any atom is 0.265 e. The highest BCUT2D eigenvalue weighted by atomic mass is 32.1. The van der Waals surface area contributed by atoms with E-state index in [0.29, 0.717) is 6.04 Å². The van der Waals surface area contributed by atoms with E-state index in [4.69, 9.17) is 0 Å². The van der Waals surface area contributed by atoms with Crippen molar-refractivity contribution in [2.45, 2.75) is 32.7 Å². The van der Waals surface area contributed by atoms with E-state index >= 15 is 0 Å². The third-order valence-corrected chi connectivity index (χ3v) is 5.08. The molecule has 0 bridgehead atoms. The first kappa shape index (κ1) is 14.3. The van der Waals surface area contributed by atoms with Crippen molar-refractivity contribution >= 4 is 22.9 Å². The number of piperidine rings is 1. The summed E-state index contributed by atoms with van der Waals surface area (Å²) < 4.78 is 1.97. The Morgan fingerprint density at radius 3 is 2.86 bits per heavy atom. The largest absolute Gasteiger partial charge is 0.319 e. The Morgan fingerprint density at radius 1 is 1.43 bits per heavy atom. The Hall–Kier alpha value is -1.66. The van der Waals surface area contributed by atoms with Gasteiger partial charge in [0.2, 0.25) is 0 Å². The number of nitrogens with zero attached hydrogens (tertiary/aromatic N) is 2. The van der Waals surface area contributed by atoms with E-state index in [2.05, 4.69) is 15.7 Å². The number of aryl methyl sites for hydroxylation is 2. The van der Waals surface area contributed by atoms with Gasteiger partial charge in [-0.05, 0) is 51.4 Å². The Bertz CT molecular complexity index is 620. The number of rotatable bonds is 3. The first-order valence-corrected chi connectivity index (χ1v) is 8.08. The zero-order valence-electron chi connectivity index (χ0n) is 12.3. The molecule has 3 heterocycles. The fourth-order valence-electron chi connectivity index (χ4n) is 2.55. The quantitative estimate of drug-likeness (QED) is 0.916. The second-order valence-electron chi connectivity index (χ2n) is 5.49. The molecule has 0 spiro atoms. The molecule has 2 aromatic heterocycles. The number of carbonyl (C=O) groups is 1. The molecule has 0 unspecified atom stereocenters. The lowest BCUT2D eigenvalue weighted by molar-refractivity contribution is 0.103. The zero-order chi connectivity index (χ0) is 14.8. The number of thiophene rings is 1. The van der Waals surface area contributed by atoms with Crippen molar-refractivity contribution in [2.24, 2.45) is 0 Å². The van der Waals surface area contributed by atoms with E-state index in [1.165, 1.54) is 16.2 Å². The molecule has 1 amide bonds. The van der Waals surface area contributed by atoms with Crippen molar-refractivity contribution in [1.82, 2.24) is 15.1 Å². The molecule has 112 valence electrons. The summed E-state index contributed by atoms with van der Waals surface area (Å²) in [6.45, 7) is 6.11. The molecule has 2 aromatic rings. The Labute approximate surface area is 128 Å². The second kappa shape index (κ2) is 5.99. The summed E-state index contributed by atoms with van der Waals surface area (Å²) in [7, 11) is 0. The highest BCUT2D eigenvalue weighted by Crippen LogP contribution is 2.23. The van der Waals surface area contributed by atoms with Gasteiger partial charge in [0.05, 0.1) is 22.8 Å². The van der Waals surface area contributed by atoms with Crippen LogP contribution in [0.5, 0.6) is 0 Å². The summed E-state index contributed by atoms with van der Waals surface area (Å²) >= 11 is 1.53. The molecule has 0 radical (unpaired) electrons. The van der Waals surface area contributed by atoms with Crippen molar-refractivity contribution < 1.29 is 4.79 Å². The van der Waals surface area contributed by atoms with E-state index in [9.17, 15) is 4.79 Å². The van der Waals surface area contributed by atoms with Crippen molar-refractivity contribution in [1.29, 1.82) is 0 Å². The smallest absolute Gasteiger partial charge is 0.265 e. The van der Waals surface area contributed by atoms with Crippen molar-refractivity contribution in [3.63, 3.8) is 0 Å². The summed E-state index contributed by atoms with van der Waals surface area (Å²) in [6, 6.07) is 2.37. The standard InChI is InChI=1S/C15H20N4OS/c1-10-7-14(21-11(10)2)15(20)18-12-8-17-19(9-12)13-3-5-16-6-4-13/h7-9,13,16H,3-6H2,1-2H3,(H,18,20). The summed E-state index contributed by atoms with van der Waals surface area (Å²) in [5.41, 5.74) is 1.93. The molecule has 6 heteroatoms. The van der Waals surface area contributed by atoms with Crippen LogP contribution in [0, 0.1) is 13.8 Å². The fraction of sp³-hybridized carbons (Fsp3) is 0.467. The van der Waals surface area contributed by atoms with Crippen LogP contribution in [-0.4, -0.2) is 28.8 Å². The van der Waals surface area contributed by atoms with Crippen LogP contribution in [0.3, 0.4) is 0 Å². The van der Waals surface area contributed by atoms with Crippen LogP contribution in [0.2, 0.25) is 0 Å². The number of carbonyl (C=O) groups excluding carboxylic acids is 1. The second-order valence-corrected chi connectivity index (χ2v) is 6.75.